The molecule has 0 saturated carbocycles. The van der Waals surface area contributed by atoms with Crippen molar-refractivity contribution in [3.8, 4) is 0 Å². The molecule has 28 heavy (non-hydrogen) atoms. The van der Waals surface area contributed by atoms with E-state index >= 15 is 0 Å². The second-order valence-electron chi connectivity index (χ2n) is 7.07. The minimum atomic E-state index is -1.01. The second-order valence-corrected chi connectivity index (χ2v) is 8.27. The predicted octanol–water partition coefficient (Wildman–Crippen LogP) is 0.835. The van der Waals surface area contributed by atoms with Gasteiger partial charge in [0.15, 0.2) is 5.82 Å². The van der Waals surface area contributed by atoms with Crippen LogP contribution in [0.2, 0.25) is 0 Å². The van der Waals surface area contributed by atoms with Crippen molar-refractivity contribution >= 4 is 23.2 Å². The summed E-state index contributed by atoms with van der Waals surface area (Å²) < 4.78 is 13.6. The van der Waals surface area contributed by atoms with Gasteiger partial charge in [0.1, 0.15) is 4.88 Å². The molecule has 4 rings (SSSR count). The fraction of sp³-hybridized carbons (Fsp3) is 0.556. The van der Waals surface area contributed by atoms with Gasteiger partial charge in [0, 0.05) is 32.5 Å². The van der Waals surface area contributed by atoms with Gasteiger partial charge in [-0.05, 0) is 13.8 Å². The molecule has 2 aliphatic heterocycles. The minimum Gasteiger partial charge on any atom is -0.345 e. The normalized spacial score (nSPS) is 22.7. The zero-order valence-electron chi connectivity index (χ0n) is 16.2. The summed E-state index contributed by atoms with van der Waals surface area (Å²) in [4.78, 5) is 38.4. The number of thiazole rings is 1. The lowest BCUT2D eigenvalue weighted by molar-refractivity contribution is -0.282. The number of nitrogens with zero attached hydrogens (tertiary/aromatic N) is 5. The molecule has 2 fully saturated rings. The SMILES string of the molecule is Cc1nc(C)c(C(=O)N2CCOC3(C2)CN(C(=O)c2nccn2C)CCO3)s1. The summed E-state index contributed by atoms with van der Waals surface area (Å²) >= 11 is 1.40. The van der Waals surface area contributed by atoms with Crippen LogP contribution in [0.5, 0.6) is 0 Å². The van der Waals surface area contributed by atoms with Gasteiger partial charge in [0.05, 0.1) is 37.0 Å². The maximum atomic E-state index is 13.0. The first-order chi connectivity index (χ1) is 13.4. The number of amides is 2. The first kappa shape index (κ1) is 19.0. The zero-order valence-corrected chi connectivity index (χ0v) is 17.0. The number of ether oxygens (including phenoxy) is 2. The van der Waals surface area contributed by atoms with Gasteiger partial charge in [0.25, 0.3) is 11.8 Å². The molecule has 2 aromatic rings. The molecule has 10 heteroatoms. The second kappa shape index (κ2) is 7.26. The van der Waals surface area contributed by atoms with E-state index in [9.17, 15) is 9.59 Å². The molecule has 0 bridgehead atoms. The molecule has 0 aromatic carbocycles. The van der Waals surface area contributed by atoms with E-state index in [-0.39, 0.29) is 24.9 Å². The van der Waals surface area contributed by atoms with E-state index in [0.29, 0.717) is 37.0 Å². The molecule has 9 nitrogen and oxygen atoms in total. The molecule has 0 aliphatic carbocycles. The van der Waals surface area contributed by atoms with E-state index in [1.165, 1.54) is 11.3 Å². The van der Waals surface area contributed by atoms with Crippen LogP contribution in [-0.2, 0) is 16.5 Å². The molecule has 0 N–H and O–H groups in total. The molecular formula is C18H23N5O4S. The van der Waals surface area contributed by atoms with Gasteiger partial charge in [0.2, 0.25) is 5.79 Å². The average Bonchev–Trinajstić information content (AvgIpc) is 3.25. The molecule has 150 valence electrons. The van der Waals surface area contributed by atoms with E-state index in [1.54, 1.807) is 33.8 Å². The summed E-state index contributed by atoms with van der Waals surface area (Å²) in [5, 5.41) is 0.865. The van der Waals surface area contributed by atoms with Crippen LogP contribution < -0.4 is 0 Å². The maximum Gasteiger partial charge on any atom is 0.290 e. The molecule has 1 unspecified atom stereocenters. The van der Waals surface area contributed by atoms with E-state index in [0.717, 1.165) is 10.7 Å². The lowest BCUT2D eigenvalue weighted by atomic mass is 10.1. The van der Waals surface area contributed by atoms with Crippen molar-refractivity contribution < 1.29 is 19.1 Å². The first-order valence-corrected chi connectivity index (χ1v) is 9.98. The number of carbonyl (C=O) groups excluding carboxylic acids is 2. The zero-order chi connectivity index (χ0) is 19.9. The Hall–Kier alpha value is -2.30. The summed E-state index contributed by atoms with van der Waals surface area (Å²) in [5.74, 6) is -0.879. The molecular weight excluding hydrogens is 382 g/mol. The molecule has 2 aliphatic rings. The van der Waals surface area contributed by atoms with Gasteiger partial charge < -0.3 is 23.8 Å². The summed E-state index contributed by atoms with van der Waals surface area (Å²) in [6, 6.07) is 0. The number of hydrogen-bond acceptors (Lipinski definition) is 7. The molecule has 4 heterocycles. The number of hydrogen-bond donors (Lipinski definition) is 0. The molecule has 2 saturated heterocycles. The molecule has 1 spiro atoms. The van der Waals surface area contributed by atoms with Crippen molar-refractivity contribution in [2.24, 2.45) is 7.05 Å². The summed E-state index contributed by atoms with van der Waals surface area (Å²) in [6.45, 7) is 5.89. The van der Waals surface area contributed by atoms with Crippen LogP contribution in [0.15, 0.2) is 12.4 Å². The highest BCUT2D eigenvalue weighted by Gasteiger charge is 2.45. The van der Waals surface area contributed by atoms with Crippen LogP contribution in [0.1, 0.15) is 31.0 Å². The molecule has 2 amide bonds. The van der Waals surface area contributed by atoms with Gasteiger partial charge in [-0.25, -0.2) is 9.97 Å². The highest BCUT2D eigenvalue weighted by atomic mass is 32.1. The van der Waals surface area contributed by atoms with Gasteiger partial charge in [-0.3, -0.25) is 9.59 Å². The Morgan fingerprint density at radius 1 is 1.11 bits per heavy atom. The van der Waals surface area contributed by atoms with Crippen LogP contribution in [0, 0.1) is 13.8 Å². The van der Waals surface area contributed by atoms with Crippen molar-refractivity contribution in [3.05, 3.63) is 33.8 Å². The molecule has 1 atom stereocenters. The Kier molecular flexibility index (Phi) is 4.94. The molecule has 2 aromatic heterocycles. The van der Waals surface area contributed by atoms with E-state index in [2.05, 4.69) is 9.97 Å². The number of aryl methyl sites for hydroxylation is 3. The minimum absolute atomic E-state index is 0.0677. The number of aromatic nitrogens is 3. The quantitative estimate of drug-likeness (QED) is 0.735. The van der Waals surface area contributed by atoms with E-state index < -0.39 is 5.79 Å². The summed E-state index contributed by atoms with van der Waals surface area (Å²) in [5.41, 5.74) is 0.740. The fourth-order valence-corrected chi connectivity index (χ4v) is 4.52. The van der Waals surface area contributed by atoms with Crippen LogP contribution in [0.25, 0.3) is 0 Å². The van der Waals surface area contributed by atoms with Gasteiger partial charge in [-0.2, -0.15) is 0 Å². The Balaban J connectivity index is 1.51. The lowest BCUT2D eigenvalue weighted by Gasteiger charge is -2.47. The highest BCUT2D eigenvalue weighted by Crippen LogP contribution is 2.28. The third-order valence-electron chi connectivity index (χ3n) is 5.00. The van der Waals surface area contributed by atoms with Crippen LogP contribution in [0.3, 0.4) is 0 Å². The third-order valence-corrected chi connectivity index (χ3v) is 6.06. The topological polar surface area (TPSA) is 89.8 Å². The smallest absolute Gasteiger partial charge is 0.290 e. The molecule has 0 radical (unpaired) electrons. The predicted molar refractivity (Wildman–Crippen MR) is 101 cm³/mol. The van der Waals surface area contributed by atoms with Crippen molar-refractivity contribution in [2.45, 2.75) is 19.6 Å². The van der Waals surface area contributed by atoms with Crippen molar-refractivity contribution in [2.75, 3.05) is 39.4 Å². The van der Waals surface area contributed by atoms with Crippen molar-refractivity contribution in [3.63, 3.8) is 0 Å². The van der Waals surface area contributed by atoms with Crippen molar-refractivity contribution in [1.82, 2.24) is 24.3 Å². The standard InChI is InChI=1S/C18H23N5O4S/c1-12-14(28-13(2)20-12)16(24)22-6-8-26-18(10-22)11-23(7-9-27-18)17(25)15-19-4-5-21(15)3/h4-5H,6-11H2,1-3H3. The van der Waals surface area contributed by atoms with Crippen LogP contribution in [0.4, 0.5) is 0 Å². The maximum absolute atomic E-state index is 13.0. The number of rotatable bonds is 2. The number of carbonyl (C=O) groups is 2. The van der Waals surface area contributed by atoms with Gasteiger partial charge in [-0.1, -0.05) is 0 Å². The largest absolute Gasteiger partial charge is 0.345 e. The average molecular weight is 405 g/mol. The third kappa shape index (κ3) is 3.43. The fourth-order valence-electron chi connectivity index (χ4n) is 3.63. The lowest BCUT2D eigenvalue weighted by Crippen LogP contribution is -2.63. The number of morpholine rings is 2. The Bertz CT molecular complexity index is 906. The van der Waals surface area contributed by atoms with Gasteiger partial charge in [-0.15, -0.1) is 11.3 Å². The monoisotopic (exact) mass is 405 g/mol. The Labute approximate surface area is 166 Å². The van der Waals surface area contributed by atoms with Crippen LogP contribution >= 0.6 is 11.3 Å². The Morgan fingerprint density at radius 2 is 1.75 bits per heavy atom. The van der Waals surface area contributed by atoms with Crippen molar-refractivity contribution in [1.29, 1.82) is 0 Å². The summed E-state index contributed by atoms with van der Waals surface area (Å²) in [6.07, 6.45) is 3.33. The van der Waals surface area contributed by atoms with E-state index in [1.807, 2.05) is 13.8 Å². The summed E-state index contributed by atoms with van der Waals surface area (Å²) in [7, 11) is 1.79. The first-order valence-electron chi connectivity index (χ1n) is 9.16. The number of imidazole rings is 1. The Morgan fingerprint density at radius 3 is 2.29 bits per heavy atom. The van der Waals surface area contributed by atoms with Crippen LogP contribution in [-0.4, -0.2) is 81.3 Å². The van der Waals surface area contributed by atoms with Gasteiger partial charge >= 0.3 is 0 Å². The van der Waals surface area contributed by atoms with E-state index in [4.69, 9.17) is 9.47 Å². The highest BCUT2D eigenvalue weighted by molar-refractivity contribution is 7.13.